The summed E-state index contributed by atoms with van der Waals surface area (Å²) in [6.45, 7) is 0. The molecule has 0 aliphatic carbocycles. The van der Waals surface area contributed by atoms with Gasteiger partial charge in [0.2, 0.25) is 5.95 Å². The van der Waals surface area contributed by atoms with Crippen LogP contribution in [0.1, 0.15) is 0 Å². The largest absolute Gasteiger partial charge is 0.353 e. The van der Waals surface area contributed by atoms with E-state index in [1.807, 2.05) is 0 Å². The van der Waals surface area contributed by atoms with Crippen molar-refractivity contribution in [3.8, 4) is 0 Å². The highest BCUT2D eigenvalue weighted by molar-refractivity contribution is 5.59. The third-order valence-electron chi connectivity index (χ3n) is 2.04. The highest BCUT2D eigenvalue weighted by atomic mass is 19.2. The van der Waals surface area contributed by atoms with E-state index in [0.717, 1.165) is 24.4 Å². The van der Waals surface area contributed by atoms with Crippen molar-refractivity contribution in [1.82, 2.24) is 4.98 Å². The lowest BCUT2D eigenvalue weighted by atomic mass is 10.2. The van der Waals surface area contributed by atoms with Crippen LogP contribution >= 0.6 is 0 Å². The Morgan fingerprint density at radius 2 is 1.71 bits per heavy atom. The first-order chi connectivity index (χ1) is 8.08. The summed E-state index contributed by atoms with van der Waals surface area (Å²) < 4.78 is 51.5. The minimum atomic E-state index is -1.58. The number of hydrogen-bond acceptors (Lipinski definition) is 2. The van der Waals surface area contributed by atoms with Gasteiger partial charge in [-0.2, -0.15) is 4.39 Å². The van der Waals surface area contributed by atoms with Gasteiger partial charge in [0.1, 0.15) is 0 Å². The van der Waals surface area contributed by atoms with Gasteiger partial charge in [-0.25, -0.2) is 18.2 Å². The summed E-state index contributed by atoms with van der Waals surface area (Å²) in [5.41, 5.74) is -0.100. The Labute approximate surface area is 93.9 Å². The summed E-state index contributed by atoms with van der Waals surface area (Å²) in [6.07, 6.45) is 1.16. The summed E-state index contributed by atoms with van der Waals surface area (Å²) >= 11 is 0. The molecule has 0 atom stereocenters. The minimum Gasteiger partial charge on any atom is -0.353 e. The zero-order valence-electron chi connectivity index (χ0n) is 8.35. The van der Waals surface area contributed by atoms with E-state index in [0.29, 0.717) is 0 Å². The maximum Gasteiger partial charge on any atom is 0.214 e. The van der Waals surface area contributed by atoms with Crippen molar-refractivity contribution in [1.29, 1.82) is 0 Å². The molecule has 0 bridgehead atoms. The van der Waals surface area contributed by atoms with Gasteiger partial charge in [-0.1, -0.05) is 0 Å². The van der Waals surface area contributed by atoms with Crippen molar-refractivity contribution < 1.29 is 17.6 Å². The Balaban J connectivity index is 2.34. The van der Waals surface area contributed by atoms with E-state index in [-0.39, 0.29) is 11.4 Å². The molecule has 0 saturated heterocycles. The molecule has 0 amide bonds. The second-order valence-electron chi connectivity index (χ2n) is 3.22. The average Bonchev–Trinajstić information content (AvgIpc) is 2.30. The highest BCUT2D eigenvalue weighted by Gasteiger charge is 2.13. The van der Waals surface area contributed by atoms with Crippen LogP contribution in [0.15, 0.2) is 30.5 Å². The third-order valence-corrected chi connectivity index (χ3v) is 2.04. The molecule has 0 radical (unpaired) electrons. The second kappa shape index (κ2) is 4.40. The number of anilines is 2. The molecule has 1 aromatic carbocycles. The lowest BCUT2D eigenvalue weighted by Gasteiger charge is -2.07. The van der Waals surface area contributed by atoms with Crippen LogP contribution in [0, 0.1) is 23.4 Å². The predicted molar refractivity (Wildman–Crippen MR) is 53.8 cm³/mol. The highest BCUT2D eigenvalue weighted by Crippen LogP contribution is 2.23. The quantitative estimate of drug-likeness (QED) is 0.496. The average molecular weight is 242 g/mol. The molecule has 2 nitrogen and oxygen atoms in total. The van der Waals surface area contributed by atoms with E-state index < -0.39 is 23.4 Å². The molecule has 2 rings (SSSR count). The van der Waals surface area contributed by atoms with E-state index >= 15 is 0 Å². The summed E-state index contributed by atoms with van der Waals surface area (Å²) in [5.74, 6) is -4.99. The van der Waals surface area contributed by atoms with Crippen LogP contribution < -0.4 is 5.32 Å². The molecule has 0 saturated carbocycles. The van der Waals surface area contributed by atoms with Crippen LogP contribution in [-0.4, -0.2) is 4.98 Å². The van der Waals surface area contributed by atoms with Gasteiger partial charge in [-0.15, -0.1) is 0 Å². The Morgan fingerprint density at radius 1 is 0.941 bits per heavy atom. The standard InChI is InChI=1S/C11H6F4N2/c12-7-1-2-8(11(15)10(7)14)17-6-3-4-16-9(13)5-6/h1-5H,(H,16,17). The molecule has 2 aromatic rings. The summed E-state index contributed by atoms with van der Waals surface area (Å²) in [6, 6.07) is 4.16. The van der Waals surface area contributed by atoms with Crippen LogP contribution in [0.25, 0.3) is 0 Å². The first-order valence-electron chi connectivity index (χ1n) is 4.60. The molecule has 0 fully saturated rings. The molecule has 0 spiro atoms. The van der Waals surface area contributed by atoms with E-state index in [4.69, 9.17) is 0 Å². The monoisotopic (exact) mass is 242 g/mol. The Bertz CT molecular complexity index is 557. The molecule has 1 N–H and O–H groups in total. The second-order valence-corrected chi connectivity index (χ2v) is 3.22. The molecular formula is C11H6F4N2. The maximum absolute atomic E-state index is 13.3. The van der Waals surface area contributed by atoms with E-state index in [1.54, 1.807) is 0 Å². The molecule has 88 valence electrons. The normalized spacial score (nSPS) is 10.4. The van der Waals surface area contributed by atoms with Gasteiger partial charge >= 0.3 is 0 Å². The third kappa shape index (κ3) is 2.35. The van der Waals surface area contributed by atoms with Crippen LogP contribution in [0.3, 0.4) is 0 Å². The Kier molecular flexibility index (Phi) is 2.95. The Hall–Kier alpha value is -2.11. The number of halogens is 4. The van der Waals surface area contributed by atoms with Crippen molar-refractivity contribution in [2.75, 3.05) is 5.32 Å². The van der Waals surface area contributed by atoms with Gasteiger partial charge in [-0.3, -0.25) is 0 Å². The zero-order valence-corrected chi connectivity index (χ0v) is 8.35. The van der Waals surface area contributed by atoms with E-state index in [2.05, 4.69) is 10.3 Å². The topological polar surface area (TPSA) is 24.9 Å². The molecule has 1 aromatic heterocycles. The van der Waals surface area contributed by atoms with Crippen molar-refractivity contribution in [2.45, 2.75) is 0 Å². The SMILES string of the molecule is Fc1cc(Nc2ccc(F)c(F)c2F)ccn1. The fourth-order valence-electron chi connectivity index (χ4n) is 1.26. The lowest BCUT2D eigenvalue weighted by Crippen LogP contribution is -1.99. The fourth-order valence-corrected chi connectivity index (χ4v) is 1.26. The summed E-state index contributed by atoms with van der Waals surface area (Å²) in [5, 5.41) is 2.42. The maximum atomic E-state index is 13.3. The van der Waals surface area contributed by atoms with Gasteiger partial charge in [0.15, 0.2) is 17.5 Å². The van der Waals surface area contributed by atoms with Crippen molar-refractivity contribution in [3.63, 3.8) is 0 Å². The van der Waals surface area contributed by atoms with Crippen LogP contribution in [-0.2, 0) is 0 Å². The molecule has 0 aliphatic rings. The van der Waals surface area contributed by atoms with Gasteiger partial charge in [0.05, 0.1) is 5.69 Å². The van der Waals surface area contributed by atoms with Gasteiger partial charge in [0.25, 0.3) is 0 Å². The molecule has 0 unspecified atom stereocenters. The van der Waals surface area contributed by atoms with Crippen LogP contribution in [0.4, 0.5) is 28.9 Å². The number of nitrogens with zero attached hydrogens (tertiary/aromatic N) is 1. The number of nitrogens with one attached hydrogen (secondary N) is 1. The smallest absolute Gasteiger partial charge is 0.214 e. The van der Waals surface area contributed by atoms with Gasteiger partial charge in [-0.05, 0) is 18.2 Å². The van der Waals surface area contributed by atoms with Crippen molar-refractivity contribution in [2.24, 2.45) is 0 Å². The minimum absolute atomic E-state index is 0.183. The first-order valence-corrected chi connectivity index (χ1v) is 4.60. The first kappa shape index (κ1) is 11.4. The summed E-state index contributed by atoms with van der Waals surface area (Å²) in [7, 11) is 0. The lowest BCUT2D eigenvalue weighted by molar-refractivity contribution is 0.449. The van der Waals surface area contributed by atoms with E-state index in [9.17, 15) is 17.6 Å². The molecular weight excluding hydrogens is 236 g/mol. The number of rotatable bonds is 2. The molecule has 6 heteroatoms. The van der Waals surface area contributed by atoms with Gasteiger partial charge < -0.3 is 5.32 Å². The van der Waals surface area contributed by atoms with Gasteiger partial charge in [0, 0.05) is 18.0 Å². The predicted octanol–water partition coefficient (Wildman–Crippen LogP) is 3.38. The fraction of sp³-hybridized carbons (Fsp3) is 0. The van der Waals surface area contributed by atoms with Crippen molar-refractivity contribution >= 4 is 11.4 Å². The van der Waals surface area contributed by atoms with Crippen LogP contribution in [0.5, 0.6) is 0 Å². The number of hydrogen-bond donors (Lipinski definition) is 1. The molecule has 1 heterocycles. The summed E-state index contributed by atoms with van der Waals surface area (Å²) in [4.78, 5) is 3.30. The Morgan fingerprint density at radius 3 is 2.41 bits per heavy atom. The number of aromatic nitrogens is 1. The van der Waals surface area contributed by atoms with Crippen LogP contribution in [0.2, 0.25) is 0 Å². The number of pyridine rings is 1. The van der Waals surface area contributed by atoms with Crippen molar-refractivity contribution in [3.05, 3.63) is 53.9 Å². The number of benzene rings is 1. The molecule has 0 aliphatic heterocycles. The zero-order chi connectivity index (χ0) is 12.4. The molecule has 17 heavy (non-hydrogen) atoms. The van der Waals surface area contributed by atoms with E-state index in [1.165, 1.54) is 6.07 Å².